The maximum absolute atomic E-state index is 13.0. The van der Waals surface area contributed by atoms with Gasteiger partial charge < -0.3 is 10.2 Å². The van der Waals surface area contributed by atoms with Crippen LogP contribution in [0.5, 0.6) is 0 Å². The highest BCUT2D eigenvalue weighted by Crippen LogP contribution is 2.27. The number of para-hydroxylation sites is 1. The number of unbranched alkanes of at least 4 members (excludes halogenated alkanes) is 1. The molecule has 152 valence electrons. The summed E-state index contributed by atoms with van der Waals surface area (Å²) in [7, 11) is 0. The highest BCUT2D eigenvalue weighted by Gasteiger charge is 2.32. The Morgan fingerprint density at radius 1 is 1.21 bits per heavy atom. The number of amides is 2. The second-order valence-corrected chi connectivity index (χ2v) is 8.88. The molecule has 1 aromatic carbocycles. The summed E-state index contributed by atoms with van der Waals surface area (Å²) in [6.07, 6.45) is 8.60. The van der Waals surface area contributed by atoms with E-state index in [-0.39, 0.29) is 18.2 Å². The van der Waals surface area contributed by atoms with E-state index in [1.54, 1.807) is 0 Å². The molecule has 6 heteroatoms. The van der Waals surface area contributed by atoms with Crippen molar-refractivity contribution in [2.45, 2.75) is 63.5 Å². The molecule has 1 heterocycles. The molecular formula is C22H31N3O2S. The van der Waals surface area contributed by atoms with Gasteiger partial charge in [0, 0.05) is 25.2 Å². The number of benzene rings is 1. The summed E-state index contributed by atoms with van der Waals surface area (Å²) in [5.74, 6) is 0.484. The van der Waals surface area contributed by atoms with Crippen LogP contribution >= 0.6 is 11.8 Å². The van der Waals surface area contributed by atoms with E-state index in [1.165, 1.54) is 43.9 Å². The number of hydrogen-bond donors (Lipinski definition) is 1. The lowest BCUT2D eigenvalue weighted by Gasteiger charge is -2.24. The van der Waals surface area contributed by atoms with E-state index in [4.69, 9.17) is 0 Å². The van der Waals surface area contributed by atoms with Gasteiger partial charge in [-0.25, -0.2) is 0 Å². The fraction of sp³-hybridized carbons (Fsp3) is 0.591. The molecule has 1 atom stereocenters. The van der Waals surface area contributed by atoms with Gasteiger partial charge in [-0.15, -0.1) is 0 Å². The van der Waals surface area contributed by atoms with Crippen molar-refractivity contribution in [1.29, 1.82) is 0 Å². The lowest BCUT2D eigenvalue weighted by molar-refractivity contribution is -0.122. The summed E-state index contributed by atoms with van der Waals surface area (Å²) in [5.41, 5.74) is 0.896. The van der Waals surface area contributed by atoms with Gasteiger partial charge >= 0.3 is 0 Å². The third kappa shape index (κ3) is 5.84. The van der Waals surface area contributed by atoms with Gasteiger partial charge in [-0.1, -0.05) is 62.6 Å². The predicted molar refractivity (Wildman–Crippen MR) is 117 cm³/mol. The Morgan fingerprint density at radius 2 is 1.96 bits per heavy atom. The largest absolute Gasteiger partial charge is 0.364 e. The molecule has 1 aromatic rings. The van der Waals surface area contributed by atoms with Crippen molar-refractivity contribution in [3.63, 3.8) is 0 Å². The van der Waals surface area contributed by atoms with Crippen molar-refractivity contribution in [1.82, 2.24) is 5.32 Å². The number of amidine groups is 1. The Balaban J connectivity index is 1.53. The van der Waals surface area contributed by atoms with Crippen molar-refractivity contribution in [2.24, 2.45) is 10.9 Å². The normalized spacial score (nSPS) is 20.1. The Kier molecular flexibility index (Phi) is 7.95. The van der Waals surface area contributed by atoms with Gasteiger partial charge in [0.05, 0.1) is 0 Å². The molecule has 0 aromatic heterocycles. The number of rotatable bonds is 8. The lowest BCUT2D eigenvalue weighted by Crippen LogP contribution is -2.35. The minimum atomic E-state index is -0.408. The number of carbonyl (C=O) groups is 2. The van der Waals surface area contributed by atoms with Gasteiger partial charge in [0.2, 0.25) is 5.91 Å². The topological polar surface area (TPSA) is 61.8 Å². The smallest absolute Gasteiger partial charge is 0.262 e. The molecule has 3 rings (SSSR count). The minimum Gasteiger partial charge on any atom is -0.364 e. The quantitative estimate of drug-likeness (QED) is 0.702. The minimum absolute atomic E-state index is 0.00534. The van der Waals surface area contributed by atoms with Crippen LogP contribution in [0.3, 0.4) is 0 Å². The molecule has 1 aliphatic carbocycles. The first kappa shape index (κ1) is 20.9. The second-order valence-electron chi connectivity index (χ2n) is 7.69. The van der Waals surface area contributed by atoms with Gasteiger partial charge in [0.15, 0.2) is 5.17 Å². The summed E-state index contributed by atoms with van der Waals surface area (Å²) in [6, 6.07) is 9.72. The number of carbonyl (C=O) groups excluding carboxylic acids is 2. The number of anilines is 1. The standard InChI is InChI=1S/C22H31N3O2S/c1-2-3-14-25(18-12-8-5-9-13-18)20(26)15-19-21(27)24-22(28-19)23-16-17-10-6-4-7-11-17/h5,8-9,12-13,17,19H,2-4,6-7,10-11,14-16H2,1H3,(H,23,24,27). The number of hydrogen-bond acceptors (Lipinski definition) is 4. The van der Waals surface area contributed by atoms with Crippen molar-refractivity contribution >= 4 is 34.4 Å². The van der Waals surface area contributed by atoms with E-state index >= 15 is 0 Å². The maximum Gasteiger partial charge on any atom is 0.262 e. The molecule has 0 bridgehead atoms. The third-order valence-corrected chi connectivity index (χ3v) is 6.58. The van der Waals surface area contributed by atoms with Crippen molar-refractivity contribution in [3.05, 3.63) is 30.3 Å². The zero-order valence-corrected chi connectivity index (χ0v) is 17.5. The Hall–Kier alpha value is -1.82. The van der Waals surface area contributed by atoms with Crippen LogP contribution in [0.25, 0.3) is 0 Å². The number of nitrogens with zero attached hydrogens (tertiary/aromatic N) is 2. The molecule has 1 saturated carbocycles. The molecule has 1 N–H and O–H groups in total. The van der Waals surface area contributed by atoms with Gasteiger partial charge in [0.1, 0.15) is 5.25 Å². The molecule has 1 unspecified atom stereocenters. The molecule has 5 nitrogen and oxygen atoms in total. The van der Waals surface area contributed by atoms with Crippen molar-refractivity contribution in [2.75, 3.05) is 18.0 Å². The summed E-state index contributed by atoms with van der Waals surface area (Å²) >= 11 is 1.41. The maximum atomic E-state index is 13.0. The van der Waals surface area contributed by atoms with Crippen LogP contribution in [0, 0.1) is 5.92 Å². The molecule has 0 spiro atoms. The lowest BCUT2D eigenvalue weighted by atomic mass is 9.89. The SMILES string of the molecule is CCCCN(C(=O)CC1SC(NCC2CCCCC2)=NC1=O)c1ccccc1. The monoisotopic (exact) mass is 401 g/mol. The first-order valence-corrected chi connectivity index (χ1v) is 11.4. The number of nitrogens with one attached hydrogen (secondary N) is 1. The summed E-state index contributed by atoms with van der Waals surface area (Å²) < 4.78 is 0. The second kappa shape index (κ2) is 10.6. The molecule has 28 heavy (non-hydrogen) atoms. The fourth-order valence-electron chi connectivity index (χ4n) is 3.81. The van der Waals surface area contributed by atoms with Crippen LogP contribution in [0.2, 0.25) is 0 Å². The van der Waals surface area contributed by atoms with Crippen LogP contribution in [0.15, 0.2) is 35.3 Å². The number of aliphatic imine (C=N–C) groups is 1. The number of thioether (sulfide) groups is 1. The Morgan fingerprint density at radius 3 is 2.68 bits per heavy atom. The van der Waals surface area contributed by atoms with Crippen LogP contribution < -0.4 is 10.2 Å². The molecule has 0 radical (unpaired) electrons. The zero-order valence-electron chi connectivity index (χ0n) is 16.7. The highest BCUT2D eigenvalue weighted by molar-refractivity contribution is 8.15. The van der Waals surface area contributed by atoms with Crippen molar-refractivity contribution < 1.29 is 9.59 Å². The first-order chi connectivity index (χ1) is 13.7. The average Bonchev–Trinajstić information content (AvgIpc) is 3.07. The van der Waals surface area contributed by atoms with Gasteiger partial charge in [-0.2, -0.15) is 4.99 Å². The average molecular weight is 402 g/mol. The van der Waals surface area contributed by atoms with E-state index < -0.39 is 5.25 Å². The summed E-state index contributed by atoms with van der Waals surface area (Å²) in [6.45, 7) is 3.67. The Bertz CT molecular complexity index is 686. The zero-order chi connectivity index (χ0) is 19.8. The van der Waals surface area contributed by atoms with Crippen LogP contribution in [0.4, 0.5) is 5.69 Å². The summed E-state index contributed by atoms with van der Waals surface area (Å²) in [4.78, 5) is 31.2. The Labute approximate surface area is 172 Å². The predicted octanol–water partition coefficient (Wildman–Crippen LogP) is 4.38. The molecule has 2 aliphatic rings. The van der Waals surface area contributed by atoms with E-state index in [0.29, 0.717) is 17.6 Å². The van der Waals surface area contributed by atoms with Crippen LogP contribution in [0.1, 0.15) is 58.3 Å². The van der Waals surface area contributed by atoms with Gasteiger partial charge in [-0.05, 0) is 37.3 Å². The van der Waals surface area contributed by atoms with E-state index in [2.05, 4.69) is 17.2 Å². The van der Waals surface area contributed by atoms with E-state index in [1.807, 2.05) is 35.2 Å². The molecule has 2 amide bonds. The first-order valence-electron chi connectivity index (χ1n) is 10.6. The molecular weight excluding hydrogens is 370 g/mol. The van der Waals surface area contributed by atoms with Crippen LogP contribution in [-0.2, 0) is 9.59 Å². The van der Waals surface area contributed by atoms with Gasteiger partial charge in [-0.3, -0.25) is 9.59 Å². The van der Waals surface area contributed by atoms with E-state index in [9.17, 15) is 9.59 Å². The highest BCUT2D eigenvalue weighted by atomic mass is 32.2. The molecule has 1 fully saturated rings. The van der Waals surface area contributed by atoms with Crippen molar-refractivity contribution in [3.8, 4) is 0 Å². The van der Waals surface area contributed by atoms with Gasteiger partial charge in [0.25, 0.3) is 5.91 Å². The third-order valence-electron chi connectivity index (χ3n) is 5.47. The summed E-state index contributed by atoms with van der Waals surface area (Å²) in [5, 5.41) is 3.63. The fourth-order valence-corrected chi connectivity index (χ4v) is 4.77. The van der Waals surface area contributed by atoms with E-state index in [0.717, 1.165) is 25.1 Å². The molecule has 0 saturated heterocycles. The molecule has 1 aliphatic heterocycles. The van der Waals surface area contributed by atoms with Crippen LogP contribution in [-0.4, -0.2) is 35.3 Å².